The molecular formula is C31H23Cl2F3N8O2. The number of carboxylic acid groups (broad SMARTS) is 1. The van der Waals surface area contributed by atoms with Gasteiger partial charge in [-0.25, -0.2) is 22.6 Å². The molecule has 0 bridgehead atoms. The number of benzene rings is 3. The van der Waals surface area contributed by atoms with Crippen LogP contribution in [0.1, 0.15) is 41.7 Å². The number of fused-ring (bicyclic) bond motifs is 1. The van der Waals surface area contributed by atoms with E-state index in [0.717, 1.165) is 12.1 Å². The Morgan fingerprint density at radius 1 is 1.00 bits per heavy atom. The largest absolute Gasteiger partial charge is 0.465 e. The standard InChI is InChI=1S/C31H23Cl2F3N8O2/c32-22-11-18(2-4-24(22)34)39-28-17(13-37)14-38-30-21(28)10-19(12-23(30)33)40-29(16-1-3-25(35)26(36)9-16)27-15-44(42-41-27)20-5-7-43(8-6-20)31(45)46/h1-4,9-12,14-15,20,29,40H,5-8H2,(H,38,39)(H,45,46). The minimum absolute atomic E-state index is 0.110. The molecule has 3 aromatic carbocycles. The average Bonchev–Trinajstić information content (AvgIpc) is 3.53. The molecule has 1 aliphatic heterocycles. The van der Waals surface area contributed by atoms with E-state index >= 15 is 0 Å². The molecule has 0 aliphatic carbocycles. The zero-order valence-electron chi connectivity index (χ0n) is 23.7. The van der Waals surface area contributed by atoms with E-state index in [-0.39, 0.29) is 21.7 Å². The maximum absolute atomic E-state index is 14.5. The molecule has 5 aromatic rings. The summed E-state index contributed by atoms with van der Waals surface area (Å²) in [5, 5.41) is 34.7. The molecule has 1 aliphatic rings. The van der Waals surface area contributed by atoms with Gasteiger partial charge in [-0.3, -0.25) is 4.98 Å². The summed E-state index contributed by atoms with van der Waals surface area (Å²) in [6.45, 7) is 0.684. The van der Waals surface area contributed by atoms with Crippen molar-refractivity contribution < 1.29 is 23.1 Å². The van der Waals surface area contributed by atoms with Gasteiger partial charge in [0.15, 0.2) is 11.6 Å². The van der Waals surface area contributed by atoms with E-state index in [4.69, 9.17) is 23.2 Å². The number of nitrogens with one attached hydrogen (secondary N) is 2. The molecule has 15 heteroatoms. The third-order valence-corrected chi connectivity index (χ3v) is 8.33. The normalized spacial score (nSPS) is 14.2. The van der Waals surface area contributed by atoms with Crippen molar-refractivity contribution in [3.8, 4) is 6.07 Å². The molecule has 1 unspecified atom stereocenters. The van der Waals surface area contributed by atoms with Gasteiger partial charge in [-0.1, -0.05) is 34.5 Å². The van der Waals surface area contributed by atoms with Crippen LogP contribution in [0.15, 0.2) is 60.9 Å². The Balaban J connectivity index is 1.39. The Kier molecular flexibility index (Phi) is 8.57. The first-order valence-corrected chi connectivity index (χ1v) is 14.7. The number of aromatic nitrogens is 4. The van der Waals surface area contributed by atoms with E-state index < -0.39 is 29.6 Å². The first-order chi connectivity index (χ1) is 22.1. The second-order valence-electron chi connectivity index (χ2n) is 10.6. The number of hydrogen-bond donors (Lipinski definition) is 3. The lowest BCUT2D eigenvalue weighted by molar-refractivity contribution is 0.123. The van der Waals surface area contributed by atoms with Crippen LogP contribution in [0.25, 0.3) is 10.9 Å². The van der Waals surface area contributed by atoms with Crippen molar-refractivity contribution in [3.63, 3.8) is 0 Å². The van der Waals surface area contributed by atoms with Crippen LogP contribution in [-0.4, -0.2) is 49.2 Å². The highest BCUT2D eigenvalue weighted by Crippen LogP contribution is 2.37. The van der Waals surface area contributed by atoms with Gasteiger partial charge in [0.1, 0.15) is 17.6 Å². The molecule has 3 heterocycles. The molecule has 10 nitrogen and oxygen atoms in total. The van der Waals surface area contributed by atoms with Crippen molar-refractivity contribution in [1.82, 2.24) is 24.9 Å². The van der Waals surface area contributed by atoms with Gasteiger partial charge < -0.3 is 20.6 Å². The number of likely N-dealkylation sites (tertiary alicyclic amines) is 1. The van der Waals surface area contributed by atoms with E-state index in [2.05, 4.69) is 32.0 Å². The molecule has 2 aromatic heterocycles. The minimum Gasteiger partial charge on any atom is -0.465 e. The number of halogens is 5. The lowest BCUT2D eigenvalue weighted by Gasteiger charge is -2.29. The molecule has 234 valence electrons. The number of anilines is 3. The minimum atomic E-state index is -1.05. The van der Waals surface area contributed by atoms with Crippen molar-refractivity contribution in [2.75, 3.05) is 23.7 Å². The van der Waals surface area contributed by atoms with Gasteiger partial charge in [-0.15, -0.1) is 5.10 Å². The first-order valence-electron chi connectivity index (χ1n) is 14.0. The molecule has 0 spiro atoms. The summed E-state index contributed by atoms with van der Waals surface area (Å²) in [5.41, 5.74) is 2.44. The van der Waals surface area contributed by atoms with Crippen LogP contribution in [0.5, 0.6) is 0 Å². The highest BCUT2D eigenvalue weighted by atomic mass is 35.5. The van der Waals surface area contributed by atoms with Crippen molar-refractivity contribution in [2.45, 2.75) is 24.9 Å². The number of nitriles is 1. The molecule has 1 saturated heterocycles. The van der Waals surface area contributed by atoms with Gasteiger partial charge in [0.2, 0.25) is 0 Å². The molecule has 46 heavy (non-hydrogen) atoms. The van der Waals surface area contributed by atoms with E-state index in [9.17, 15) is 28.3 Å². The van der Waals surface area contributed by atoms with Crippen LogP contribution in [0.4, 0.5) is 35.0 Å². The zero-order valence-corrected chi connectivity index (χ0v) is 25.2. The summed E-state index contributed by atoms with van der Waals surface area (Å²) in [5.74, 6) is -2.67. The maximum atomic E-state index is 14.5. The number of hydrogen-bond acceptors (Lipinski definition) is 7. The summed E-state index contributed by atoms with van der Waals surface area (Å²) in [6, 6.07) is 11.9. The fraction of sp³-hybridized carbons (Fsp3) is 0.194. The number of rotatable bonds is 7. The van der Waals surface area contributed by atoms with Crippen LogP contribution in [0.3, 0.4) is 0 Å². The highest BCUT2D eigenvalue weighted by molar-refractivity contribution is 6.36. The predicted molar refractivity (Wildman–Crippen MR) is 166 cm³/mol. The number of piperidine rings is 1. The summed E-state index contributed by atoms with van der Waals surface area (Å²) in [7, 11) is 0. The maximum Gasteiger partial charge on any atom is 0.407 e. The fourth-order valence-electron chi connectivity index (χ4n) is 5.39. The third-order valence-electron chi connectivity index (χ3n) is 7.76. The first kappa shape index (κ1) is 30.9. The molecule has 1 atom stereocenters. The smallest absolute Gasteiger partial charge is 0.407 e. The Hall–Kier alpha value is -5.06. The Morgan fingerprint density at radius 2 is 1.74 bits per heavy atom. The Bertz CT molecular complexity index is 2010. The van der Waals surface area contributed by atoms with Crippen LogP contribution >= 0.6 is 23.2 Å². The van der Waals surface area contributed by atoms with Crippen LogP contribution in [0, 0.1) is 28.8 Å². The van der Waals surface area contributed by atoms with Crippen LogP contribution in [-0.2, 0) is 0 Å². The summed E-state index contributed by atoms with van der Waals surface area (Å²) < 4.78 is 43.9. The van der Waals surface area contributed by atoms with Gasteiger partial charge in [-0.2, -0.15) is 5.26 Å². The summed E-state index contributed by atoms with van der Waals surface area (Å²) >= 11 is 12.6. The Morgan fingerprint density at radius 3 is 2.43 bits per heavy atom. The third kappa shape index (κ3) is 6.22. The van der Waals surface area contributed by atoms with E-state index in [0.29, 0.717) is 65.2 Å². The summed E-state index contributed by atoms with van der Waals surface area (Å²) in [4.78, 5) is 17.0. The molecule has 3 N–H and O–H groups in total. The van der Waals surface area contributed by atoms with Gasteiger partial charge in [-0.05, 0) is 60.9 Å². The average molecular weight is 667 g/mol. The topological polar surface area (TPSA) is 132 Å². The molecule has 6 rings (SSSR count). The molecule has 1 amide bonds. The number of amides is 1. The van der Waals surface area contributed by atoms with E-state index in [1.54, 1.807) is 23.0 Å². The lowest BCUT2D eigenvalue weighted by atomic mass is 10.0. The van der Waals surface area contributed by atoms with Gasteiger partial charge in [0.05, 0.1) is 45.1 Å². The SMILES string of the molecule is N#Cc1cnc2c(Cl)cc(NC(c3ccc(F)c(F)c3)c3cn(C4CCN(C(=O)O)CC4)nn3)cc2c1Nc1ccc(F)c(Cl)c1. The van der Waals surface area contributed by atoms with Gasteiger partial charge >= 0.3 is 6.09 Å². The zero-order chi connectivity index (χ0) is 32.5. The lowest BCUT2D eigenvalue weighted by Crippen LogP contribution is -2.38. The van der Waals surface area contributed by atoms with Crippen molar-refractivity contribution in [2.24, 2.45) is 0 Å². The Labute approximate surface area is 270 Å². The highest BCUT2D eigenvalue weighted by Gasteiger charge is 2.27. The van der Waals surface area contributed by atoms with Crippen LogP contribution in [0.2, 0.25) is 10.0 Å². The fourth-order valence-corrected chi connectivity index (χ4v) is 5.84. The van der Waals surface area contributed by atoms with Gasteiger partial charge in [0, 0.05) is 36.0 Å². The molecular weight excluding hydrogens is 644 g/mol. The number of carbonyl (C=O) groups is 1. The number of nitrogens with zero attached hydrogens (tertiary/aromatic N) is 6. The molecule has 1 fully saturated rings. The van der Waals surface area contributed by atoms with Crippen molar-refractivity contribution >= 4 is 57.3 Å². The molecule has 0 saturated carbocycles. The second kappa shape index (κ2) is 12.7. The molecule has 0 radical (unpaired) electrons. The van der Waals surface area contributed by atoms with Crippen LogP contribution < -0.4 is 10.6 Å². The summed E-state index contributed by atoms with van der Waals surface area (Å²) in [6.07, 6.45) is 3.12. The number of pyridine rings is 1. The van der Waals surface area contributed by atoms with E-state index in [1.807, 2.05) is 0 Å². The quantitative estimate of drug-likeness (QED) is 0.161. The van der Waals surface area contributed by atoms with Gasteiger partial charge in [0.25, 0.3) is 0 Å². The van der Waals surface area contributed by atoms with E-state index in [1.165, 1.54) is 35.4 Å². The predicted octanol–water partition coefficient (Wildman–Crippen LogP) is 7.68. The monoisotopic (exact) mass is 666 g/mol. The van der Waals surface area contributed by atoms with Crippen molar-refractivity contribution in [1.29, 1.82) is 5.26 Å². The van der Waals surface area contributed by atoms with Crippen molar-refractivity contribution in [3.05, 3.63) is 105 Å². The second-order valence-corrected chi connectivity index (χ2v) is 11.5.